The average Bonchev–Trinajstić information content (AvgIpc) is 1.61. The van der Waals surface area contributed by atoms with E-state index in [1.165, 1.54) is 0 Å². The maximum Gasteiger partial charge on any atom is 0.0814 e. The SMILES string of the molecule is C[C@H]1NCC1O. The molecular weight excluding hydrogens is 78.0 g/mol. The van der Waals surface area contributed by atoms with Crippen LogP contribution in [-0.4, -0.2) is 23.8 Å². The van der Waals surface area contributed by atoms with Gasteiger partial charge in [-0.2, -0.15) is 0 Å². The maximum absolute atomic E-state index is 8.65. The molecule has 2 N–H and O–H groups in total. The van der Waals surface area contributed by atoms with E-state index in [-0.39, 0.29) is 6.10 Å². The second kappa shape index (κ2) is 1.21. The first-order valence-electron chi connectivity index (χ1n) is 2.22. The van der Waals surface area contributed by atoms with Gasteiger partial charge in [0, 0.05) is 12.6 Å². The van der Waals surface area contributed by atoms with E-state index in [9.17, 15) is 0 Å². The largest absolute Gasteiger partial charge is 0.390 e. The summed E-state index contributed by atoms with van der Waals surface area (Å²) in [5.74, 6) is 0. The van der Waals surface area contributed by atoms with Gasteiger partial charge in [0.2, 0.25) is 0 Å². The third kappa shape index (κ3) is 0.420. The summed E-state index contributed by atoms with van der Waals surface area (Å²) in [5, 5.41) is 11.7. The number of hydrogen-bond donors (Lipinski definition) is 2. The number of rotatable bonds is 0. The fourth-order valence-electron chi connectivity index (χ4n) is 0.459. The Labute approximate surface area is 37.2 Å². The minimum absolute atomic E-state index is 0.0787. The summed E-state index contributed by atoms with van der Waals surface area (Å²) in [6.45, 7) is 2.75. The predicted octanol–water partition coefficient (Wildman–Crippen LogP) is -0.661. The highest BCUT2D eigenvalue weighted by molar-refractivity contribution is 4.82. The molecule has 0 aromatic rings. The number of aliphatic hydroxyl groups excluding tert-OH is 1. The molecule has 1 aliphatic heterocycles. The lowest BCUT2D eigenvalue weighted by Crippen LogP contribution is -2.55. The van der Waals surface area contributed by atoms with Gasteiger partial charge in [-0.15, -0.1) is 0 Å². The first-order chi connectivity index (χ1) is 2.80. The average molecular weight is 87.1 g/mol. The third-order valence-corrected chi connectivity index (χ3v) is 1.23. The van der Waals surface area contributed by atoms with Crippen molar-refractivity contribution in [3.05, 3.63) is 0 Å². The van der Waals surface area contributed by atoms with Gasteiger partial charge < -0.3 is 10.4 Å². The van der Waals surface area contributed by atoms with Crippen molar-refractivity contribution in [3.63, 3.8) is 0 Å². The number of aliphatic hydroxyl groups is 1. The van der Waals surface area contributed by atoms with Gasteiger partial charge in [0.15, 0.2) is 0 Å². The van der Waals surface area contributed by atoms with Gasteiger partial charge in [-0.05, 0) is 6.92 Å². The summed E-state index contributed by atoms with van der Waals surface area (Å²) >= 11 is 0. The Bertz CT molecular complexity index is 47.5. The van der Waals surface area contributed by atoms with Gasteiger partial charge >= 0.3 is 0 Å². The van der Waals surface area contributed by atoms with Crippen molar-refractivity contribution in [1.82, 2.24) is 5.32 Å². The Morgan fingerprint density at radius 3 is 2.33 bits per heavy atom. The molecule has 0 aromatic carbocycles. The zero-order chi connectivity index (χ0) is 4.57. The molecule has 1 fully saturated rings. The van der Waals surface area contributed by atoms with Crippen LogP contribution < -0.4 is 5.32 Å². The molecule has 1 aliphatic rings. The molecule has 0 saturated carbocycles. The van der Waals surface area contributed by atoms with E-state index in [2.05, 4.69) is 5.32 Å². The van der Waals surface area contributed by atoms with E-state index in [0.29, 0.717) is 6.04 Å². The summed E-state index contributed by atoms with van der Waals surface area (Å²) in [5.41, 5.74) is 0. The summed E-state index contributed by atoms with van der Waals surface area (Å²) in [6, 6.07) is 0.338. The summed E-state index contributed by atoms with van der Waals surface area (Å²) in [4.78, 5) is 0. The monoisotopic (exact) mass is 87.1 g/mol. The van der Waals surface area contributed by atoms with Gasteiger partial charge in [0.1, 0.15) is 0 Å². The molecule has 2 nitrogen and oxygen atoms in total. The first-order valence-corrected chi connectivity index (χ1v) is 2.22. The predicted molar refractivity (Wildman–Crippen MR) is 23.5 cm³/mol. The van der Waals surface area contributed by atoms with Gasteiger partial charge in [-0.3, -0.25) is 0 Å². The van der Waals surface area contributed by atoms with E-state index >= 15 is 0 Å². The van der Waals surface area contributed by atoms with Crippen LogP contribution in [0, 0.1) is 0 Å². The summed E-state index contributed by atoms with van der Waals surface area (Å²) in [7, 11) is 0. The van der Waals surface area contributed by atoms with Gasteiger partial charge in [0.25, 0.3) is 0 Å². The highest BCUT2D eigenvalue weighted by Crippen LogP contribution is 1.99. The Hall–Kier alpha value is -0.0800. The van der Waals surface area contributed by atoms with E-state index < -0.39 is 0 Å². The van der Waals surface area contributed by atoms with Crippen LogP contribution in [0.1, 0.15) is 6.92 Å². The minimum Gasteiger partial charge on any atom is -0.390 e. The lowest BCUT2D eigenvalue weighted by molar-refractivity contribution is 0.0704. The van der Waals surface area contributed by atoms with Gasteiger partial charge in [-0.1, -0.05) is 0 Å². The van der Waals surface area contributed by atoms with E-state index in [0.717, 1.165) is 6.54 Å². The first kappa shape index (κ1) is 4.09. The van der Waals surface area contributed by atoms with Crippen molar-refractivity contribution in [1.29, 1.82) is 0 Å². The fraction of sp³-hybridized carbons (Fsp3) is 1.00. The topological polar surface area (TPSA) is 32.3 Å². The van der Waals surface area contributed by atoms with Crippen molar-refractivity contribution in [2.24, 2.45) is 0 Å². The highest BCUT2D eigenvalue weighted by Gasteiger charge is 2.21. The smallest absolute Gasteiger partial charge is 0.0814 e. The molecule has 0 amide bonds. The number of nitrogens with one attached hydrogen (secondary N) is 1. The highest BCUT2D eigenvalue weighted by atomic mass is 16.3. The second-order valence-electron chi connectivity index (χ2n) is 1.76. The van der Waals surface area contributed by atoms with Gasteiger partial charge in [0.05, 0.1) is 6.10 Å². The van der Waals surface area contributed by atoms with E-state index in [4.69, 9.17) is 5.11 Å². The van der Waals surface area contributed by atoms with E-state index in [1.54, 1.807) is 0 Å². The Kier molecular flexibility index (Phi) is 0.821. The van der Waals surface area contributed by atoms with Crippen LogP contribution in [-0.2, 0) is 0 Å². The van der Waals surface area contributed by atoms with Crippen LogP contribution in [0.2, 0.25) is 0 Å². The zero-order valence-corrected chi connectivity index (χ0v) is 3.81. The van der Waals surface area contributed by atoms with Crippen molar-refractivity contribution in [2.45, 2.75) is 19.1 Å². The zero-order valence-electron chi connectivity index (χ0n) is 3.81. The Morgan fingerprint density at radius 1 is 1.83 bits per heavy atom. The summed E-state index contributed by atoms with van der Waals surface area (Å²) < 4.78 is 0. The molecular formula is C4H9NO. The minimum atomic E-state index is -0.0787. The van der Waals surface area contributed by atoms with Crippen LogP contribution in [0.15, 0.2) is 0 Å². The van der Waals surface area contributed by atoms with Crippen LogP contribution in [0.25, 0.3) is 0 Å². The fourth-order valence-corrected chi connectivity index (χ4v) is 0.459. The molecule has 1 heterocycles. The Balaban J connectivity index is 2.20. The third-order valence-electron chi connectivity index (χ3n) is 1.23. The van der Waals surface area contributed by atoms with Gasteiger partial charge in [-0.25, -0.2) is 0 Å². The molecule has 2 atom stereocenters. The molecule has 1 saturated heterocycles. The van der Waals surface area contributed by atoms with Crippen LogP contribution in [0.3, 0.4) is 0 Å². The number of β-amino-alcohol motifs (C(OH)–C–C–N with tert-alkyl or cyclic N) is 1. The standard InChI is InChI=1S/C4H9NO/c1-3-4(6)2-5-3/h3-6H,2H2,1H3/t3-,4?/m1/s1. The molecule has 1 rings (SSSR count). The van der Waals surface area contributed by atoms with Crippen molar-refractivity contribution in [2.75, 3.05) is 6.54 Å². The van der Waals surface area contributed by atoms with Crippen LogP contribution in [0.4, 0.5) is 0 Å². The lowest BCUT2D eigenvalue weighted by Gasteiger charge is -2.30. The molecule has 0 bridgehead atoms. The second-order valence-corrected chi connectivity index (χ2v) is 1.76. The molecule has 6 heavy (non-hydrogen) atoms. The van der Waals surface area contributed by atoms with E-state index in [1.807, 2.05) is 6.92 Å². The maximum atomic E-state index is 8.65. The quantitative estimate of drug-likeness (QED) is 0.411. The Morgan fingerprint density at radius 2 is 2.33 bits per heavy atom. The normalized spacial score (nSPS) is 45.0. The molecule has 0 aliphatic carbocycles. The van der Waals surface area contributed by atoms with Crippen molar-refractivity contribution >= 4 is 0 Å². The molecule has 0 spiro atoms. The summed E-state index contributed by atoms with van der Waals surface area (Å²) in [6.07, 6.45) is -0.0787. The molecule has 2 heteroatoms. The van der Waals surface area contributed by atoms with Crippen molar-refractivity contribution < 1.29 is 5.11 Å². The molecule has 0 radical (unpaired) electrons. The van der Waals surface area contributed by atoms with Crippen molar-refractivity contribution in [3.8, 4) is 0 Å². The van der Waals surface area contributed by atoms with Crippen LogP contribution in [0.5, 0.6) is 0 Å². The molecule has 36 valence electrons. The molecule has 1 unspecified atom stereocenters. The lowest BCUT2D eigenvalue weighted by atomic mass is 10.1. The number of hydrogen-bond acceptors (Lipinski definition) is 2. The molecule has 0 aromatic heterocycles. The van der Waals surface area contributed by atoms with Crippen LogP contribution >= 0.6 is 0 Å².